The van der Waals surface area contributed by atoms with Gasteiger partial charge in [-0.15, -0.1) is 16.4 Å². The number of carbonyl (C=O) groups excluding carboxylic acids is 1. The summed E-state index contributed by atoms with van der Waals surface area (Å²) in [4.78, 5) is 17.6. The van der Waals surface area contributed by atoms with Crippen molar-refractivity contribution in [2.24, 2.45) is 0 Å². The number of tetrazole rings is 1. The lowest BCUT2D eigenvalue weighted by atomic mass is 10.1. The Labute approximate surface area is 186 Å². The molecule has 0 spiro atoms. The van der Waals surface area contributed by atoms with Crippen LogP contribution in [0.1, 0.15) is 21.6 Å². The summed E-state index contributed by atoms with van der Waals surface area (Å²) in [6, 6.07) is 12.3. The molecular weight excluding hydrogens is 435 g/mol. The number of carbonyl (C=O) groups is 1. The van der Waals surface area contributed by atoms with Gasteiger partial charge in [0, 0.05) is 17.5 Å². The van der Waals surface area contributed by atoms with Crippen LogP contribution in [0.25, 0.3) is 5.69 Å². The maximum Gasteiger partial charge on any atom is 0.236 e. The first-order valence-electron chi connectivity index (χ1n) is 9.46. The van der Waals surface area contributed by atoms with Crippen molar-refractivity contribution in [2.75, 3.05) is 11.1 Å². The number of hydrogen-bond donors (Lipinski definition) is 1. The quantitative estimate of drug-likeness (QED) is 0.421. The highest BCUT2D eigenvalue weighted by atomic mass is 32.2. The van der Waals surface area contributed by atoms with E-state index >= 15 is 0 Å². The van der Waals surface area contributed by atoms with Crippen LogP contribution in [0.3, 0.4) is 0 Å². The van der Waals surface area contributed by atoms with E-state index in [1.807, 2.05) is 32.0 Å². The van der Waals surface area contributed by atoms with E-state index < -0.39 is 0 Å². The lowest BCUT2D eigenvalue weighted by Gasteiger charge is -2.07. The number of hydrogen-bond acceptors (Lipinski definition) is 7. The fourth-order valence-corrected chi connectivity index (χ4v) is 4.38. The first kappa shape index (κ1) is 21.1. The van der Waals surface area contributed by atoms with Crippen molar-refractivity contribution in [3.8, 4) is 5.69 Å². The summed E-state index contributed by atoms with van der Waals surface area (Å²) in [6.45, 7) is 4.07. The minimum Gasteiger partial charge on any atom is -0.301 e. The Kier molecular flexibility index (Phi) is 6.38. The molecule has 1 amide bonds. The number of anilines is 1. The van der Waals surface area contributed by atoms with Crippen LogP contribution in [0.4, 0.5) is 9.52 Å². The fourth-order valence-electron chi connectivity index (χ4n) is 2.82. The van der Waals surface area contributed by atoms with Gasteiger partial charge < -0.3 is 5.32 Å². The number of aromatic nitrogens is 5. The molecule has 4 rings (SSSR count). The van der Waals surface area contributed by atoms with E-state index in [1.54, 1.807) is 23.0 Å². The molecule has 0 bridgehead atoms. The molecule has 158 valence electrons. The molecule has 0 aliphatic carbocycles. The molecule has 0 saturated carbocycles. The number of rotatable bonds is 7. The predicted molar refractivity (Wildman–Crippen MR) is 119 cm³/mol. The normalized spacial score (nSPS) is 10.9. The summed E-state index contributed by atoms with van der Waals surface area (Å²) in [7, 11) is 0. The van der Waals surface area contributed by atoms with Crippen molar-refractivity contribution in [2.45, 2.75) is 25.4 Å². The summed E-state index contributed by atoms with van der Waals surface area (Å²) in [5, 5.41) is 15.7. The van der Waals surface area contributed by atoms with Crippen molar-refractivity contribution in [3.63, 3.8) is 0 Å². The number of aryl methyl sites for hydroxylation is 2. The van der Waals surface area contributed by atoms with Crippen LogP contribution in [0.2, 0.25) is 0 Å². The number of nitrogens with zero attached hydrogens (tertiary/aromatic N) is 5. The third kappa shape index (κ3) is 5.33. The zero-order valence-corrected chi connectivity index (χ0v) is 18.5. The van der Waals surface area contributed by atoms with Crippen LogP contribution in [-0.2, 0) is 11.2 Å². The second-order valence-corrected chi connectivity index (χ2v) is 8.97. The zero-order chi connectivity index (χ0) is 21.8. The standard InChI is InChI=1S/C21H19FN6OS2/c1-13-3-8-17(9-14(13)2)28-21(25-26-27-28)30-12-19(29)24-20-23-11-18(31-20)10-15-4-6-16(22)7-5-15/h3-9,11H,10,12H2,1-2H3,(H,23,24,29). The van der Waals surface area contributed by atoms with Crippen molar-refractivity contribution < 1.29 is 9.18 Å². The molecule has 7 nitrogen and oxygen atoms in total. The lowest BCUT2D eigenvalue weighted by Crippen LogP contribution is -2.14. The number of amides is 1. The van der Waals surface area contributed by atoms with Crippen molar-refractivity contribution in [1.82, 2.24) is 25.2 Å². The number of halogens is 1. The van der Waals surface area contributed by atoms with Crippen molar-refractivity contribution in [3.05, 3.63) is 76.0 Å². The number of nitrogens with one attached hydrogen (secondary N) is 1. The van der Waals surface area contributed by atoms with E-state index in [9.17, 15) is 9.18 Å². The van der Waals surface area contributed by atoms with Crippen LogP contribution >= 0.6 is 23.1 Å². The molecule has 0 aliphatic rings. The van der Waals surface area contributed by atoms with E-state index in [0.717, 1.165) is 21.7 Å². The second kappa shape index (κ2) is 9.36. The molecule has 0 aliphatic heterocycles. The highest BCUT2D eigenvalue weighted by Gasteiger charge is 2.13. The van der Waals surface area contributed by atoms with Gasteiger partial charge in [-0.2, -0.15) is 4.68 Å². The SMILES string of the molecule is Cc1ccc(-n2nnnc2SCC(=O)Nc2ncc(Cc3ccc(F)cc3)s2)cc1C. The zero-order valence-electron chi connectivity index (χ0n) is 16.9. The van der Waals surface area contributed by atoms with Crippen LogP contribution in [0.15, 0.2) is 53.8 Å². The highest BCUT2D eigenvalue weighted by molar-refractivity contribution is 7.99. The van der Waals surface area contributed by atoms with Crippen LogP contribution in [0, 0.1) is 19.7 Å². The molecule has 0 fully saturated rings. The maximum atomic E-state index is 13.0. The Hall–Kier alpha value is -3.11. The molecule has 0 unspecified atom stereocenters. The van der Waals surface area contributed by atoms with Gasteiger partial charge in [0.2, 0.25) is 11.1 Å². The van der Waals surface area contributed by atoms with Gasteiger partial charge in [0.1, 0.15) is 5.82 Å². The van der Waals surface area contributed by atoms with E-state index in [4.69, 9.17) is 0 Å². The minimum absolute atomic E-state index is 0.151. The highest BCUT2D eigenvalue weighted by Crippen LogP contribution is 2.23. The first-order chi connectivity index (χ1) is 15.0. The average molecular weight is 455 g/mol. The number of thioether (sulfide) groups is 1. The van der Waals surface area contributed by atoms with Gasteiger partial charge in [-0.1, -0.05) is 30.0 Å². The molecule has 10 heteroatoms. The molecule has 31 heavy (non-hydrogen) atoms. The molecule has 0 radical (unpaired) electrons. The summed E-state index contributed by atoms with van der Waals surface area (Å²) in [6.07, 6.45) is 2.35. The number of benzene rings is 2. The Morgan fingerprint density at radius 1 is 1.16 bits per heavy atom. The van der Waals surface area contributed by atoms with Crippen LogP contribution < -0.4 is 5.32 Å². The summed E-state index contributed by atoms with van der Waals surface area (Å²) >= 11 is 2.65. The van der Waals surface area contributed by atoms with Gasteiger partial charge in [-0.3, -0.25) is 4.79 Å². The largest absolute Gasteiger partial charge is 0.301 e. The summed E-state index contributed by atoms with van der Waals surface area (Å²) in [5.74, 6) is -0.303. The Morgan fingerprint density at radius 2 is 1.97 bits per heavy atom. The van der Waals surface area contributed by atoms with E-state index in [1.165, 1.54) is 40.8 Å². The Balaban J connectivity index is 1.34. The second-order valence-electron chi connectivity index (χ2n) is 6.91. The molecule has 0 atom stereocenters. The summed E-state index contributed by atoms with van der Waals surface area (Å²) < 4.78 is 14.6. The third-order valence-electron chi connectivity index (χ3n) is 4.60. The molecule has 4 aromatic rings. The third-order valence-corrected chi connectivity index (χ3v) is 6.43. The Morgan fingerprint density at radius 3 is 2.74 bits per heavy atom. The van der Waals surface area contributed by atoms with Gasteiger partial charge in [-0.25, -0.2) is 9.37 Å². The lowest BCUT2D eigenvalue weighted by molar-refractivity contribution is -0.113. The van der Waals surface area contributed by atoms with Crippen LogP contribution in [-0.4, -0.2) is 36.9 Å². The Bertz CT molecular complexity index is 1200. The topological polar surface area (TPSA) is 85.6 Å². The number of thiazole rings is 1. The van der Waals surface area contributed by atoms with Gasteiger partial charge in [0.25, 0.3) is 0 Å². The molecule has 2 heterocycles. The minimum atomic E-state index is -0.262. The van der Waals surface area contributed by atoms with Crippen molar-refractivity contribution >= 4 is 34.1 Å². The molecule has 1 N–H and O–H groups in total. The fraction of sp³-hybridized carbons (Fsp3) is 0.190. The van der Waals surface area contributed by atoms with Crippen LogP contribution in [0.5, 0.6) is 0 Å². The molecule has 2 aromatic carbocycles. The predicted octanol–water partition coefficient (Wildman–Crippen LogP) is 4.20. The van der Waals surface area contributed by atoms with Gasteiger partial charge in [0.15, 0.2) is 5.13 Å². The average Bonchev–Trinajstić information content (AvgIpc) is 3.39. The van der Waals surface area contributed by atoms with E-state index in [2.05, 4.69) is 25.8 Å². The van der Waals surface area contributed by atoms with Gasteiger partial charge in [0.05, 0.1) is 11.4 Å². The van der Waals surface area contributed by atoms with E-state index in [0.29, 0.717) is 16.7 Å². The van der Waals surface area contributed by atoms with Gasteiger partial charge in [-0.05, 0) is 65.2 Å². The molecular formula is C21H19FN6OS2. The monoisotopic (exact) mass is 454 g/mol. The van der Waals surface area contributed by atoms with Crippen molar-refractivity contribution in [1.29, 1.82) is 0 Å². The molecule has 2 aromatic heterocycles. The smallest absolute Gasteiger partial charge is 0.236 e. The first-order valence-corrected chi connectivity index (χ1v) is 11.3. The van der Waals surface area contributed by atoms with E-state index in [-0.39, 0.29) is 17.5 Å². The van der Waals surface area contributed by atoms with Gasteiger partial charge >= 0.3 is 0 Å². The molecule has 0 saturated heterocycles. The maximum absolute atomic E-state index is 13.0. The summed E-state index contributed by atoms with van der Waals surface area (Å²) in [5.41, 5.74) is 4.16.